The zero-order chi connectivity index (χ0) is 12.8. The lowest BCUT2D eigenvalue weighted by Gasteiger charge is -2.54. The molecular formula is C19H26. The first-order chi connectivity index (χ1) is 9.29. The predicted molar refractivity (Wildman–Crippen MR) is 80.0 cm³/mol. The predicted octanol–water partition coefficient (Wildman–Crippen LogP) is 5.00. The second-order valence-electron chi connectivity index (χ2n) is 7.56. The smallest absolute Gasteiger partial charge is 0.0273 e. The quantitative estimate of drug-likeness (QED) is 0.712. The largest absolute Gasteiger partial charge is 0.0620 e. The van der Waals surface area contributed by atoms with Crippen molar-refractivity contribution in [1.29, 1.82) is 0 Å². The molecule has 0 nitrogen and oxygen atoms in total. The van der Waals surface area contributed by atoms with Crippen LogP contribution in [-0.4, -0.2) is 0 Å². The van der Waals surface area contributed by atoms with Gasteiger partial charge >= 0.3 is 0 Å². The third kappa shape index (κ3) is 2.14. The van der Waals surface area contributed by atoms with Crippen molar-refractivity contribution in [2.24, 2.45) is 29.6 Å². The Bertz CT molecular complexity index is 431. The molecule has 4 saturated carbocycles. The van der Waals surface area contributed by atoms with Gasteiger partial charge in [0.05, 0.1) is 0 Å². The maximum atomic E-state index is 2.34. The Balaban J connectivity index is 1.45. The number of rotatable bonds is 3. The fraction of sp³-hybridized carbons (Fsp3) is 0.684. The molecule has 4 aliphatic carbocycles. The van der Waals surface area contributed by atoms with E-state index in [1.54, 1.807) is 37.7 Å². The standard InChI is InChI=1S/C19H26/c1-13-4-2-3-5-16(13)6-7-19-17-9-14-8-15(11-17)12-18(19)10-14/h2-5,14-15,17-19H,6-12H2,1H3. The molecule has 1 aromatic rings. The molecule has 0 aliphatic heterocycles. The van der Waals surface area contributed by atoms with Crippen molar-refractivity contribution in [3.05, 3.63) is 35.4 Å². The normalized spacial score (nSPS) is 39.7. The van der Waals surface area contributed by atoms with E-state index in [4.69, 9.17) is 0 Å². The summed E-state index contributed by atoms with van der Waals surface area (Å²) in [6.45, 7) is 2.27. The Labute approximate surface area is 117 Å². The van der Waals surface area contributed by atoms with Crippen LogP contribution in [0.3, 0.4) is 0 Å². The zero-order valence-corrected chi connectivity index (χ0v) is 12.1. The molecule has 5 rings (SSSR count). The summed E-state index contributed by atoms with van der Waals surface area (Å²) < 4.78 is 0. The summed E-state index contributed by atoms with van der Waals surface area (Å²) in [6, 6.07) is 8.98. The van der Waals surface area contributed by atoms with Crippen molar-refractivity contribution in [2.45, 2.75) is 51.9 Å². The minimum absolute atomic E-state index is 1.06. The molecule has 0 saturated heterocycles. The molecule has 19 heavy (non-hydrogen) atoms. The average molecular weight is 254 g/mol. The molecule has 1 aromatic carbocycles. The van der Waals surface area contributed by atoms with Gasteiger partial charge in [0.2, 0.25) is 0 Å². The van der Waals surface area contributed by atoms with Crippen LogP contribution in [0.4, 0.5) is 0 Å². The maximum Gasteiger partial charge on any atom is -0.0273 e. The molecule has 0 atom stereocenters. The van der Waals surface area contributed by atoms with Crippen molar-refractivity contribution in [2.75, 3.05) is 0 Å². The van der Waals surface area contributed by atoms with Crippen LogP contribution in [0, 0.1) is 36.5 Å². The minimum Gasteiger partial charge on any atom is -0.0620 e. The second kappa shape index (κ2) is 4.65. The molecule has 0 aromatic heterocycles. The topological polar surface area (TPSA) is 0 Å². The molecule has 4 aliphatic rings. The van der Waals surface area contributed by atoms with E-state index < -0.39 is 0 Å². The van der Waals surface area contributed by atoms with E-state index in [9.17, 15) is 0 Å². The molecule has 0 unspecified atom stereocenters. The van der Waals surface area contributed by atoms with Crippen LogP contribution < -0.4 is 0 Å². The van der Waals surface area contributed by atoms with Gasteiger partial charge in [-0.3, -0.25) is 0 Å². The van der Waals surface area contributed by atoms with Gasteiger partial charge in [-0.2, -0.15) is 0 Å². The van der Waals surface area contributed by atoms with E-state index >= 15 is 0 Å². The third-order valence-corrected chi connectivity index (χ3v) is 6.43. The highest BCUT2D eigenvalue weighted by Crippen LogP contribution is 2.57. The zero-order valence-electron chi connectivity index (χ0n) is 12.1. The Morgan fingerprint density at radius 1 is 0.895 bits per heavy atom. The van der Waals surface area contributed by atoms with Crippen LogP contribution in [0.5, 0.6) is 0 Å². The van der Waals surface area contributed by atoms with Gasteiger partial charge in [-0.05, 0) is 92.6 Å². The first-order valence-corrected chi connectivity index (χ1v) is 8.34. The lowest BCUT2D eigenvalue weighted by Crippen LogP contribution is -2.45. The van der Waals surface area contributed by atoms with E-state index in [1.807, 2.05) is 0 Å². The molecule has 102 valence electrons. The third-order valence-electron chi connectivity index (χ3n) is 6.43. The van der Waals surface area contributed by atoms with Gasteiger partial charge in [0.15, 0.2) is 0 Å². The molecule has 0 spiro atoms. The van der Waals surface area contributed by atoms with Gasteiger partial charge in [-0.15, -0.1) is 0 Å². The molecule has 4 bridgehead atoms. The van der Waals surface area contributed by atoms with Crippen LogP contribution in [0.1, 0.15) is 49.7 Å². The van der Waals surface area contributed by atoms with Crippen LogP contribution >= 0.6 is 0 Å². The summed E-state index contributed by atoms with van der Waals surface area (Å²) >= 11 is 0. The average Bonchev–Trinajstić information content (AvgIpc) is 2.39. The maximum absolute atomic E-state index is 2.34. The summed E-state index contributed by atoms with van der Waals surface area (Å²) in [5.74, 6) is 5.50. The molecule has 0 radical (unpaired) electrons. The Kier molecular flexibility index (Phi) is 2.94. The molecule has 0 heterocycles. The van der Waals surface area contributed by atoms with Crippen molar-refractivity contribution in [1.82, 2.24) is 0 Å². The van der Waals surface area contributed by atoms with E-state index in [-0.39, 0.29) is 0 Å². The van der Waals surface area contributed by atoms with Gasteiger partial charge < -0.3 is 0 Å². The summed E-state index contributed by atoms with van der Waals surface area (Å²) in [7, 11) is 0. The summed E-state index contributed by atoms with van der Waals surface area (Å²) in [5.41, 5.74) is 3.09. The van der Waals surface area contributed by atoms with Crippen molar-refractivity contribution < 1.29 is 0 Å². The van der Waals surface area contributed by atoms with Crippen molar-refractivity contribution in [3.8, 4) is 0 Å². The Morgan fingerprint density at radius 2 is 1.53 bits per heavy atom. The van der Waals surface area contributed by atoms with Gasteiger partial charge in [0, 0.05) is 0 Å². The molecular weight excluding hydrogens is 228 g/mol. The van der Waals surface area contributed by atoms with E-state index in [0.717, 1.165) is 29.6 Å². The van der Waals surface area contributed by atoms with E-state index in [2.05, 4.69) is 31.2 Å². The summed E-state index contributed by atoms with van der Waals surface area (Å²) in [4.78, 5) is 0. The number of aryl methyl sites for hydroxylation is 2. The number of hydrogen-bond donors (Lipinski definition) is 0. The Morgan fingerprint density at radius 3 is 2.16 bits per heavy atom. The fourth-order valence-electron chi connectivity index (χ4n) is 5.72. The summed E-state index contributed by atoms with van der Waals surface area (Å²) in [6.07, 6.45) is 10.7. The van der Waals surface area contributed by atoms with Gasteiger partial charge in [0.1, 0.15) is 0 Å². The highest BCUT2D eigenvalue weighted by atomic mass is 14.5. The van der Waals surface area contributed by atoms with Gasteiger partial charge in [-0.1, -0.05) is 24.3 Å². The van der Waals surface area contributed by atoms with Crippen molar-refractivity contribution >= 4 is 0 Å². The lowest BCUT2D eigenvalue weighted by molar-refractivity contribution is -0.0394. The van der Waals surface area contributed by atoms with Gasteiger partial charge in [-0.25, -0.2) is 0 Å². The number of benzene rings is 1. The van der Waals surface area contributed by atoms with Crippen molar-refractivity contribution in [3.63, 3.8) is 0 Å². The first-order valence-electron chi connectivity index (χ1n) is 8.34. The summed E-state index contributed by atoms with van der Waals surface area (Å²) in [5, 5.41) is 0. The molecule has 0 amide bonds. The molecule has 4 fully saturated rings. The monoisotopic (exact) mass is 254 g/mol. The van der Waals surface area contributed by atoms with Crippen LogP contribution in [0.15, 0.2) is 24.3 Å². The van der Waals surface area contributed by atoms with Crippen LogP contribution in [0.2, 0.25) is 0 Å². The van der Waals surface area contributed by atoms with E-state index in [0.29, 0.717) is 0 Å². The van der Waals surface area contributed by atoms with Crippen LogP contribution in [-0.2, 0) is 6.42 Å². The Hall–Kier alpha value is -0.780. The van der Waals surface area contributed by atoms with Gasteiger partial charge in [0.25, 0.3) is 0 Å². The minimum atomic E-state index is 1.06. The molecule has 0 heteroatoms. The first kappa shape index (κ1) is 12.0. The second-order valence-corrected chi connectivity index (χ2v) is 7.56. The highest BCUT2D eigenvalue weighted by molar-refractivity contribution is 5.25. The molecule has 0 N–H and O–H groups in total. The SMILES string of the molecule is Cc1ccccc1CCC1C2CC3CC(C2)CC1C3. The number of hydrogen-bond acceptors (Lipinski definition) is 0. The van der Waals surface area contributed by atoms with E-state index in [1.165, 1.54) is 18.4 Å². The highest BCUT2D eigenvalue weighted by Gasteiger charge is 2.47. The fourth-order valence-corrected chi connectivity index (χ4v) is 5.72. The lowest BCUT2D eigenvalue weighted by atomic mass is 9.51. The van der Waals surface area contributed by atoms with Crippen LogP contribution in [0.25, 0.3) is 0 Å².